The summed E-state index contributed by atoms with van der Waals surface area (Å²) < 4.78 is 0. The Morgan fingerprint density at radius 2 is 0.263 bits per heavy atom. The monoisotopic (exact) mass is 515 g/mol. The first-order valence-electron chi connectivity index (χ1n) is 2.83. The Bertz CT molecular complexity index is 68.0. The molecule has 19 heavy (non-hydrogen) atoms. The molecule has 0 aliphatic heterocycles. The van der Waals surface area contributed by atoms with E-state index >= 15 is 0 Å². The first kappa shape index (κ1) is 42.9. The molecule has 0 aromatic rings. The van der Waals surface area contributed by atoms with Gasteiger partial charge in [-0.1, -0.05) is 0 Å². The molecule has 0 spiro atoms. The van der Waals surface area contributed by atoms with Crippen molar-refractivity contribution in [2.24, 2.45) is 0 Å². The van der Waals surface area contributed by atoms with Crippen LogP contribution in [0.5, 0.6) is 0 Å². The van der Waals surface area contributed by atoms with Crippen LogP contribution >= 0.6 is 0 Å². The largest absolute Gasteiger partial charge is 0.907 e. The van der Waals surface area contributed by atoms with Gasteiger partial charge in [-0.2, -0.15) is 0 Å². The van der Waals surface area contributed by atoms with Gasteiger partial charge in [0, 0.05) is 67.1 Å². The van der Waals surface area contributed by atoms with Crippen molar-refractivity contribution in [1.29, 1.82) is 0 Å². The summed E-state index contributed by atoms with van der Waals surface area (Å²) in [5.74, 6) is 0. The standard InChI is InChI=1S/4BO3.3Nb/c4*2-1(3)4;;;/q4*-3;;;. The van der Waals surface area contributed by atoms with Crippen LogP contribution in [0, 0.1) is 0 Å². The van der Waals surface area contributed by atoms with Crippen LogP contribution in [0.1, 0.15) is 0 Å². The summed E-state index contributed by atoms with van der Waals surface area (Å²) in [7, 11) is -11.7. The molecule has 111 valence electrons. The fourth-order valence-electron chi connectivity index (χ4n) is 0. The van der Waals surface area contributed by atoms with Gasteiger partial charge in [-0.3, -0.25) is 29.3 Å². The molecule has 0 aromatic heterocycles. The number of rotatable bonds is 0. The van der Waals surface area contributed by atoms with Gasteiger partial charge in [0.2, 0.25) is 0 Å². The average molecular weight is 514 g/mol. The maximum atomic E-state index is 8.42. The van der Waals surface area contributed by atoms with E-state index in [0.717, 1.165) is 0 Å². The van der Waals surface area contributed by atoms with Gasteiger partial charge in [-0.05, 0) is 0 Å². The SMILES string of the molecule is [Nb].[Nb].[Nb].[O-]B([O-])[O-].[O-]B([O-])[O-].[O-]B([O-])[O-].[O-]B([O-])[O-]. The van der Waals surface area contributed by atoms with E-state index in [4.69, 9.17) is 60.3 Å². The van der Waals surface area contributed by atoms with Crippen LogP contribution in [0.4, 0.5) is 0 Å². The molecule has 12 nitrogen and oxygen atoms in total. The van der Waals surface area contributed by atoms with Crippen molar-refractivity contribution in [3.63, 3.8) is 0 Å². The quantitative estimate of drug-likeness (QED) is 0.273. The van der Waals surface area contributed by atoms with Crippen molar-refractivity contribution in [3.8, 4) is 0 Å². The van der Waals surface area contributed by atoms with E-state index in [9.17, 15) is 0 Å². The molecule has 0 atom stereocenters. The fraction of sp³-hybridized carbons (Fsp3) is 0. The Labute approximate surface area is 156 Å². The summed E-state index contributed by atoms with van der Waals surface area (Å²) in [6.07, 6.45) is 0. The molecular weight excluding hydrogens is 514 g/mol. The van der Waals surface area contributed by atoms with Crippen molar-refractivity contribution in [2.45, 2.75) is 0 Å². The molecule has 0 N–H and O–H groups in total. The molecule has 0 saturated heterocycles. The molecule has 0 bridgehead atoms. The van der Waals surface area contributed by atoms with Gasteiger partial charge >= 0.3 is 0 Å². The second kappa shape index (κ2) is 36.8. The Balaban J connectivity index is -0.0000000192. The van der Waals surface area contributed by atoms with Crippen molar-refractivity contribution < 1.29 is 127 Å². The number of hydrogen-bond donors (Lipinski definition) is 0. The second-order valence-corrected chi connectivity index (χ2v) is 1.15. The summed E-state index contributed by atoms with van der Waals surface area (Å²) in [6.45, 7) is 0. The summed E-state index contributed by atoms with van der Waals surface area (Å²) in [5.41, 5.74) is 0. The van der Waals surface area contributed by atoms with Gasteiger partial charge in [0.05, 0.1) is 0 Å². The molecule has 0 saturated carbocycles. The third kappa shape index (κ3) is 1620. The molecule has 19 heteroatoms. The summed E-state index contributed by atoms with van der Waals surface area (Å²) in [6, 6.07) is 0. The zero-order valence-corrected chi connectivity index (χ0v) is 15.1. The third-order valence-corrected chi connectivity index (χ3v) is 0. The Hall–Kier alpha value is 2.00. The third-order valence-electron chi connectivity index (χ3n) is 0. The van der Waals surface area contributed by atoms with Crippen LogP contribution in [0.2, 0.25) is 0 Å². The van der Waals surface area contributed by atoms with Crippen molar-refractivity contribution in [1.82, 2.24) is 0 Å². The van der Waals surface area contributed by atoms with E-state index in [1.807, 2.05) is 0 Å². The predicted molar refractivity (Wildman–Crippen MR) is 23.0 cm³/mol. The van der Waals surface area contributed by atoms with Crippen LogP contribution in [-0.2, 0) is 67.1 Å². The molecule has 0 amide bonds. The van der Waals surface area contributed by atoms with Gasteiger partial charge < -0.3 is 60.3 Å². The normalized spacial score (nSPS) is 5.68. The Morgan fingerprint density at radius 1 is 0.263 bits per heavy atom. The molecule has 0 unspecified atom stereocenters. The first-order chi connectivity index (χ1) is 6.93. The average Bonchev–Trinajstić information content (AvgIpc) is 1.76. The molecule has 0 fully saturated rings. The molecule has 0 aliphatic carbocycles. The van der Waals surface area contributed by atoms with Crippen LogP contribution in [0.25, 0.3) is 0 Å². The molecule has 0 rings (SSSR count). The molecule has 0 aromatic carbocycles. The minimum Gasteiger partial charge on any atom is -0.907 e. The Morgan fingerprint density at radius 3 is 0.263 bits per heavy atom. The van der Waals surface area contributed by atoms with Gasteiger partial charge in [0.25, 0.3) is 0 Å². The minimum atomic E-state index is -2.92. The fourth-order valence-corrected chi connectivity index (χ4v) is 0. The zero-order chi connectivity index (χ0) is 14.3. The predicted octanol–water partition coefficient (Wildman–Crippen LogP) is -15.8. The van der Waals surface area contributed by atoms with Gasteiger partial charge in [0.1, 0.15) is 0 Å². The van der Waals surface area contributed by atoms with E-state index in [1.165, 1.54) is 0 Å². The van der Waals surface area contributed by atoms with Crippen LogP contribution in [0.3, 0.4) is 0 Å². The van der Waals surface area contributed by atoms with E-state index in [-0.39, 0.29) is 67.1 Å². The molecular formula is B4Nb3O12-12. The summed E-state index contributed by atoms with van der Waals surface area (Å²) >= 11 is 0. The first-order valence-corrected chi connectivity index (χ1v) is 2.83. The van der Waals surface area contributed by atoms with Crippen molar-refractivity contribution in [2.75, 3.05) is 0 Å². The van der Waals surface area contributed by atoms with Crippen LogP contribution < -0.4 is 60.3 Å². The Kier molecular flexibility index (Phi) is 83.1. The van der Waals surface area contributed by atoms with Gasteiger partial charge in [-0.15, -0.1) is 0 Å². The second-order valence-electron chi connectivity index (χ2n) is 1.15. The van der Waals surface area contributed by atoms with Crippen molar-refractivity contribution >= 4 is 29.3 Å². The molecule has 0 heterocycles. The van der Waals surface area contributed by atoms with E-state index in [1.54, 1.807) is 0 Å². The molecule has 0 aliphatic rings. The maximum absolute atomic E-state index is 8.42. The topological polar surface area (TPSA) is 277 Å². The van der Waals surface area contributed by atoms with Crippen molar-refractivity contribution in [3.05, 3.63) is 0 Å². The zero-order valence-electron chi connectivity index (χ0n) is 8.55. The van der Waals surface area contributed by atoms with E-state index in [0.29, 0.717) is 0 Å². The number of hydrogen-bond acceptors (Lipinski definition) is 12. The summed E-state index contributed by atoms with van der Waals surface area (Å²) in [5, 5.41) is 101. The van der Waals surface area contributed by atoms with Gasteiger partial charge in [-0.25, -0.2) is 0 Å². The smallest absolute Gasteiger partial charge is 0 e. The van der Waals surface area contributed by atoms with Crippen LogP contribution in [0.15, 0.2) is 0 Å². The maximum Gasteiger partial charge on any atom is 0 e. The van der Waals surface area contributed by atoms with E-state index in [2.05, 4.69) is 0 Å². The summed E-state index contributed by atoms with van der Waals surface area (Å²) in [4.78, 5) is 0. The van der Waals surface area contributed by atoms with Gasteiger partial charge in [0.15, 0.2) is 0 Å². The minimum absolute atomic E-state index is 0. The van der Waals surface area contributed by atoms with Crippen LogP contribution in [-0.4, -0.2) is 29.3 Å². The van der Waals surface area contributed by atoms with E-state index < -0.39 is 29.3 Å². The molecule has 3 radical (unpaired) electrons.